The van der Waals surface area contributed by atoms with E-state index in [9.17, 15) is 0 Å². The quantitative estimate of drug-likeness (QED) is 0.818. The predicted molar refractivity (Wildman–Crippen MR) is 87.4 cm³/mol. The second-order valence-corrected chi connectivity index (χ2v) is 6.06. The van der Waals surface area contributed by atoms with Gasteiger partial charge in [-0.3, -0.25) is 0 Å². The number of nitrogens with two attached hydrogens (primary N) is 1. The fraction of sp³-hybridized carbons (Fsp3) is 0.375. The van der Waals surface area contributed by atoms with Crippen LogP contribution >= 0.6 is 11.3 Å². The number of nitrogen functional groups attached to an aromatic ring is 1. The van der Waals surface area contributed by atoms with E-state index in [2.05, 4.69) is 29.8 Å². The lowest BCUT2D eigenvalue weighted by atomic mass is 10.1. The van der Waals surface area contributed by atoms with Crippen LogP contribution in [-0.4, -0.2) is 13.2 Å². The maximum atomic E-state index is 6.15. The van der Waals surface area contributed by atoms with Crippen molar-refractivity contribution in [3.63, 3.8) is 0 Å². The highest BCUT2D eigenvalue weighted by atomic mass is 32.1. The number of benzene rings is 1. The van der Waals surface area contributed by atoms with E-state index in [1.165, 1.54) is 4.88 Å². The number of nitrogens with one attached hydrogen (secondary N) is 1. The van der Waals surface area contributed by atoms with Crippen molar-refractivity contribution in [1.29, 1.82) is 0 Å². The number of thiophene rings is 1. The van der Waals surface area contributed by atoms with Gasteiger partial charge < -0.3 is 20.5 Å². The molecule has 0 saturated heterocycles. The number of ether oxygens (including phenoxy) is 2. The van der Waals surface area contributed by atoms with E-state index in [1.807, 2.05) is 12.1 Å². The van der Waals surface area contributed by atoms with Crippen LogP contribution in [0.2, 0.25) is 0 Å². The van der Waals surface area contributed by atoms with Crippen LogP contribution in [0, 0.1) is 0 Å². The minimum Gasteiger partial charge on any atom is -0.486 e. The van der Waals surface area contributed by atoms with Gasteiger partial charge in [-0.15, -0.1) is 11.3 Å². The third-order valence-electron chi connectivity index (χ3n) is 3.51. The number of hydrogen-bond acceptors (Lipinski definition) is 5. The van der Waals surface area contributed by atoms with Crippen LogP contribution in [0.3, 0.4) is 0 Å². The molecular weight excluding hydrogens is 284 g/mol. The molecule has 2 aromatic rings. The molecule has 0 bridgehead atoms. The van der Waals surface area contributed by atoms with Gasteiger partial charge in [-0.25, -0.2) is 0 Å². The topological polar surface area (TPSA) is 56.5 Å². The zero-order valence-electron chi connectivity index (χ0n) is 12.1. The number of hydrogen-bond donors (Lipinski definition) is 2. The lowest BCUT2D eigenvalue weighted by Gasteiger charge is -2.23. The Hall–Kier alpha value is -1.88. The molecule has 0 spiro atoms. The Morgan fingerprint density at radius 2 is 2.05 bits per heavy atom. The summed E-state index contributed by atoms with van der Waals surface area (Å²) >= 11 is 1.77. The summed E-state index contributed by atoms with van der Waals surface area (Å²) in [4.78, 5) is 1.33. The van der Waals surface area contributed by atoms with Crippen LogP contribution < -0.4 is 20.5 Å². The van der Waals surface area contributed by atoms with Gasteiger partial charge >= 0.3 is 0 Å². The highest BCUT2D eigenvalue weighted by molar-refractivity contribution is 7.10. The first-order chi connectivity index (χ1) is 10.3. The molecule has 2 heterocycles. The van der Waals surface area contributed by atoms with Gasteiger partial charge in [0, 0.05) is 17.0 Å². The van der Waals surface area contributed by atoms with Crippen molar-refractivity contribution in [2.75, 3.05) is 24.3 Å². The average Bonchev–Trinajstić information content (AvgIpc) is 3.01. The minimum atomic E-state index is 0.278. The zero-order chi connectivity index (χ0) is 14.7. The minimum absolute atomic E-state index is 0.278. The van der Waals surface area contributed by atoms with Crippen molar-refractivity contribution in [3.8, 4) is 11.5 Å². The first-order valence-electron chi connectivity index (χ1n) is 7.27. The van der Waals surface area contributed by atoms with Crippen molar-refractivity contribution in [2.24, 2.45) is 0 Å². The molecule has 1 unspecified atom stereocenters. The third-order valence-corrected chi connectivity index (χ3v) is 4.49. The first kappa shape index (κ1) is 14.1. The van der Waals surface area contributed by atoms with Gasteiger partial charge in [0.2, 0.25) is 0 Å². The Morgan fingerprint density at radius 3 is 2.71 bits per heavy atom. The van der Waals surface area contributed by atoms with Crippen molar-refractivity contribution in [2.45, 2.75) is 25.8 Å². The van der Waals surface area contributed by atoms with E-state index in [4.69, 9.17) is 15.2 Å². The van der Waals surface area contributed by atoms with Gasteiger partial charge in [0.25, 0.3) is 0 Å². The van der Waals surface area contributed by atoms with E-state index in [0.717, 1.165) is 30.0 Å². The van der Waals surface area contributed by atoms with Crippen LogP contribution in [0.4, 0.5) is 11.4 Å². The van der Waals surface area contributed by atoms with Gasteiger partial charge in [-0.2, -0.15) is 0 Å². The lowest BCUT2D eigenvalue weighted by Crippen LogP contribution is -2.17. The molecule has 0 saturated carbocycles. The van der Waals surface area contributed by atoms with Gasteiger partial charge in [-0.1, -0.05) is 19.4 Å². The largest absolute Gasteiger partial charge is 0.486 e. The highest BCUT2D eigenvalue weighted by Gasteiger charge is 2.18. The molecule has 21 heavy (non-hydrogen) atoms. The maximum Gasteiger partial charge on any atom is 0.163 e. The van der Waals surface area contributed by atoms with Gasteiger partial charge in [0.15, 0.2) is 11.5 Å². The van der Waals surface area contributed by atoms with E-state index < -0.39 is 0 Å². The molecule has 112 valence electrons. The molecule has 3 N–H and O–H groups in total. The van der Waals surface area contributed by atoms with Gasteiger partial charge in [-0.05, 0) is 17.9 Å². The van der Waals surface area contributed by atoms with Gasteiger partial charge in [0.05, 0.1) is 17.4 Å². The van der Waals surface area contributed by atoms with Crippen molar-refractivity contribution in [3.05, 3.63) is 34.5 Å². The summed E-state index contributed by atoms with van der Waals surface area (Å²) in [5.41, 5.74) is 7.75. The molecule has 1 atom stereocenters. The molecule has 0 radical (unpaired) electrons. The number of anilines is 2. The van der Waals surface area contributed by atoms with Crippen molar-refractivity contribution >= 4 is 22.7 Å². The molecule has 0 aliphatic carbocycles. The van der Waals surface area contributed by atoms with Gasteiger partial charge in [0.1, 0.15) is 13.2 Å². The Balaban J connectivity index is 1.85. The van der Waals surface area contributed by atoms with E-state index in [0.29, 0.717) is 18.9 Å². The average molecular weight is 304 g/mol. The highest BCUT2D eigenvalue weighted by Crippen LogP contribution is 2.39. The monoisotopic (exact) mass is 304 g/mol. The van der Waals surface area contributed by atoms with Crippen LogP contribution in [-0.2, 0) is 0 Å². The summed E-state index contributed by atoms with van der Waals surface area (Å²) in [6, 6.07) is 8.30. The molecule has 1 aromatic carbocycles. The van der Waals surface area contributed by atoms with Crippen LogP contribution in [0.5, 0.6) is 11.5 Å². The summed E-state index contributed by atoms with van der Waals surface area (Å²) < 4.78 is 11.2. The molecule has 5 heteroatoms. The molecule has 3 rings (SSSR count). The predicted octanol–water partition coefficient (Wildman–Crippen LogP) is 4.05. The lowest BCUT2D eigenvalue weighted by molar-refractivity contribution is 0.172. The SMILES string of the molecule is CCCC(Nc1cc2c(cc1N)OCCO2)c1cccs1. The summed E-state index contributed by atoms with van der Waals surface area (Å²) in [5.74, 6) is 1.49. The summed E-state index contributed by atoms with van der Waals surface area (Å²) in [5, 5.41) is 5.65. The smallest absolute Gasteiger partial charge is 0.163 e. The molecular formula is C16H20N2O2S. The molecule has 1 aliphatic heterocycles. The molecule has 0 fully saturated rings. The second kappa shape index (κ2) is 6.26. The van der Waals surface area contributed by atoms with Crippen molar-refractivity contribution in [1.82, 2.24) is 0 Å². The Bertz CT molecular complexity index is 599. The molecule has 1 aliphatic rings. The number of rotatable bonds is 5. The van der Waals surface area contributed by atoms with E-state index in [1.54, 1.807) is 11.3 Å². The molecule has 0 amide bonds. The standard InChI is InChI=1S/C16H20N2O2S/c1-2-4-12(16-5-3-8-21-16)18-13-10-15-14(9-11(13)17)19-6-7-20-15/h3,5,8-10,12,18H,2,4,6-7,17H2,1H3. The third kappa shape index (κ3) is 3.08. The van der Waals surface area contributed by atoms with Crippen molar-refractivity contribution < 1.29 is 9.47 Å². The maximum absolute atomic E-state index is 6.15. The molecule has 1 aromatic heterocycles. The Kier molecular flexibility index (Phi) is 4.20. The number of fused-ring (bicyclic) bond motifs is 1. The van der Waals surface area contributed by atoms with E-state index in [-0.39, 0.29) is 6.04 Å². The Morgan fingerprint density at radius 1 is 1.29 bits per heavy atom. The first-order valence-corrected chi connectivity index (χ1v) is 8.15. The second-order valence-electron chi connectivity index (χ2n) is 5.08. The zero-order valence-corrected chi connectivity index (χ0v) is 12.9. The molecule has 4 nitrogen and oxygen atoms in total. The van der Waals surface area contributed by atoms with Crippen LogP contribution in [0.15, 0.2) is 29.6 Å². The fourth-order valence-electron chi connectivity index (χ4n) is 2.48. The fourth-order valence-corrected chi connectivity index (χ4v) is 3.29. The normalized spacial score (nSPS) is 14.7. The summed E-state index contributed by atoms with van der Waals surface area (Å²) in [6.07, 6.45) is 2.18. The van der Waals surface area contributed by atoms with E-state index >= 15 is 0 Å². The van der Waals surface area contributed by atoms with Crippen LogP contribution in [0.1, 0.15) is 30.7 Å². The van der Waals surface area contributed by atoms with Crippen LogP contribution in [0.25, 0.3) is 0 Å². The summed E-state index contributed by atoms with van der Waals surface area (Å²) in [7, 11) is 0. The summed E-state index contributed by atoms with van der Waals surface area (Å²) in [6.45, 7) is 3.35. The Labute approximate surface area is 128 Å².